The Bertz CT molecular complexity index is 772. The van der Waals surface area contributed by atoms with Gasteiger partial charge in [0.15, 0.2) is 5.11 Å². The molecule has 1 unspecified atom stereocenters. The molecule has 2 N–H and O–H groups in total. The Kier molecular flexibility index (Phi) is 6.12. The number of anilines is 1. The van der Waals surface area contributed by atoms with Crippen LogP contribution in [-0.4, -0.2) is 34.4 Å². The smallest absolute Gasteiger partial charge is 0.173 e. The number of aryl methyl sites for hydroxylation is 2. The summed E-state index contributed by atoms with van der Waals surface area (Å²) in [6.45, 7) is 6.21. The summed E-state index contributed by atoms with van der Waals surface area (Å²) >= 11 is 5.72. The minimum absolute atomic E-state index is 0.180. The van der Waals surface area contributed by atoms with Gasteiger partial charge in [-0.2, -0.15) is 0 Å². The first-order valence-electron chi connectivity index (χ1n) is 9.04. The molecule has 1 aliphatic heterocycles. The molecule has 0 spiro atoms. The third kappa shape index (κ3) is 4.74. The second kappa shape index (κ2) is 8.52. The van der Waals surface area contributed by atoms with Crippen LogP contribution < -0.4 is 5.32 Å². The number of ether oxygens (including phenoxy) is 1. The molecule has 138 valence electrons. The van der Waals surface area contributed by atoms with Crippen LogP contribution >= 0.6 is 12.2 Å². The van der Waals surface area contributed by atoms with Gasteiger partial charge in [0, 0.05) is 30.9 Å². The Morgan fingerprint density at radius 3 is 2.81 bits per heavy atom. The highest BCUT2D eigenvalue weighted by Gasteiger charge is 2.22. The average molecular weight is 371 g/mol. The Morgan fingerprint density at radius 1 is 1.27 bits per heavy atom. The number of thiocarbonyl (C=S) groups is 1. The normalized spacial score (nSPS) is 16.5. The van der Waals surface area contributed by atoms with Gasteiger partial charge < -0.3 is 20.1 Å². The lowest BCUT2D eigenvalue weighted by molar-refractivity contribution is 0.0903. The number of rotatable bonds is 5. The van der Waals surface area contributed by atoms with Crippen LogP contribution in [0.2, 0.25) is 0 Å². The molecule has 3 rings (SSSR count). The van der Waals surface area contributed by atoms with Crippen molar-refractivity contribution in [3.8, 4) is 5.75 Å². The van der Waals surface area contributed by atoms with Gasteiger partial charge in [0.05, 0.1) is 6.10 Å². The lowest BCUT2D eigenvalue weighted by Crippen LogP contribution is -2.39. The molecule has 0 saturated carbocycles. The van der Waals surface area contributed by atoms with E-state index in [2.05, 4.69) is 42.3 Å². The van der Waals surface area contributed by atoms with E-state index in [1.807, 2.05) is 18.2 Å². The predicted molar refractivity (Wildman–Crippen MR) is 110 cm³/mol. The molecule has 0 bridgehead atoms. The molecular formula is C21H26N2O2S. The summed E-state index contributed by atoms with van der Waals surface area (Å²) in [5.74, 6) is 0.291. The molecule has 0 aliphatic carbocycles. The molecule has 1 aliphatic rings. The highest BCUT2D eigenvalue weighted by molar-refractivity contribution is 7.80. The fraction of sp³-hybridized carbons (Fsp3) is 0.381. The second-order valence-electron chi connectivity index (χ2n) is 6.89. The molecule has 0 aromatic heterocycles. The highest BCUT2D eigenvalue weighted by Crippen LogP contribution is 2.22. The van der Waals surface area contributed by atoms with Gasteiger partial charge in [-0.1, -0.05) is 30.3 Å². The fourth-order valence-electron chi connectivity index (χ4n) is 3.17. The molecule has 26 heavy (non-hydrogen) atoms. The van der Waals surface area contributed by atoms with E-state index in [1.54, 1.807) is 6.07 Å². The minimum atomic E-state index is 0.180. The predicted octanol–water partition coefficient (Wildman–Crippen LogP) is 4.39. The van der Waals surface area contributed by atoms with E-state index in [0.717, 1.165) is 36.3 Å². The Morgan fingerprint density at radius 2 is 2.08 bits per heavy atom. The number of nitrogens with one attached hydrogen (secondary N) is 1. The van der Waals surface area contributed by atoms with Crippen molar-refractivity contribution in [2.24, 2.45) is 0 Å². The highest BCUT2D eigenvalue weighted by atomic mass is 32.1. The van der Waals surface area contributed by atoms with Crippen molar-refractivity contribution in [2.75, 3.05) is 18.5 Å². The zero-order valence-corrected chi connectivity index (χ0v) is 16.2. The molecule has 1 fully saturated rings. The number of phenolic OH excluding ortho intramolecular Hbond substituents is 1. The standard InChI is InChI=1S/C21H26N2O2S/c1-15-9-10-16(2)19(12-15)22-21(26)23(14-18-7-5-11-25-18)13-17-6-3-4-8-20(17)24/h3-4,6,8-10,12,18,24H,5,7,11,13-14H2,1-2H3,(H,22,26). The van der Waals surface area contributed by atoms with Gasteiger partial charge in [-0.25, -0.2) is 0 Å². The van der Waals surface area contributed by atoms with Crippen molar-refractivity contribution in [3.05, 3.63) is 59.2 Å². The molecule has 1 heterocycles. The minimum Gasteiger partial charge on any atom is -0.508 e. The maximum absolute atomic E-state index is 10.2. The summed E-state index contributed by atoms with van der Waals surface area (Å²) in [4.78, 5) is 2.09. The van der Waals surface area contributed by atoms with Crippen LogP contribution in [0, 0.1) is 13.8 Å². The molecule has 2 aromatic carbocycles. The monoisotopic (exact) mass is 370 g/mol. The molecular weight excluding hydrogens is 344 g/mol. The summed E-state index contributed by atoms with van der Waals surface area (Å²) in [7, 11) is 0. The topological polar surface area (TPSA) is 44.7 Å². The van der Waals surface area contributed by atoms with Crippen LogP contribution in [0.25, 0.3) is 0 Å². The number of nitrogens with zero attached hydrogens (tertiary/aromatic N) is 1. The van der Waals surface area contributed by atoms with Crippen molar-refractivity contribution in [1.82, 2.24) is 4.90 Å². The molecule has 0 radical (unpaired) electrons. The van der Waals surface area contributed by atoms with E-state index in [1.165, 1.54) is 5.56 Å². The van der Waals surface area contributed by atoms with Crippen molar-refractivity contribution < 1.29 is 9.84 Å². The fourth-order valence-corrected chi connectivity index (χ4v) is 3.42. The van der Waals surface area contributed by atoms with E-state index >= 15 is 0 Å². The second-order valence-corrected chi connectivity index (χ2v) is 7.28. The molecule has 0 amide bonds. The van der Waals surface area contributed by atoms with Crippen LogP contribution in [0.3, 0.4) is 0 Å². The molecule has 5 heteroatoms. The first-order valence-corrected chi connectivity index (χ1v) is 9.45. The van der Waals surface area contributed by atoms with Crippen molar-refractivity contribution in [1.29, 1.82) is 0 Å². The first-order chi connectivity index (χ1) is 12.5. The maximum Gasteiger partial charge on any atom is 0.173 e. The number of aromatic hydroxyl groups is 1. The van der Waals surface area contributed by atoms with E-state index in [4.69, 9.17) is 17.0 Å². The van der Waals surface area contributed by atoms with Crippen molar-refractivity contribution in [3.63, 3.8) is 0 Å². The number of hydrogen-bond donors (Lipinski definition) is 2. The van der Waals surface area contributed by atoms with Crippen LogP contribution in [-0.2, 0) is 11.3 Å². The van der Waals surface area contributed by atoms with E-state index in [-0.39, 0.29) is 6.10 Å². The van der Waals surface area contributed by atoms with Crippen LogP contribution in [0.1, 0.15) is 29.5 Å². The average Bonchev–Trinajstić information content (AvgIpc) is 3.12. The van der Waals surface area contributed by atoms with Gasteiger partial charge in [0.1, 0.15) is 5.75 Å². The number of para-hydroxylation sites is 1. The maximum atomic E-state index is 10.2. The summed E-state index contributed by atoms with van der Waals surface area (Å²) in [5, 5.41) is 14.2. The van der Waals surface area contributed by atoms with Crippen LogP contribution in [0.15, 0.2) is 42.5 Å². The first kappa shape index (κ1) is 18.7. The molecule has 1 atom stereocenters. The lowest BCUT2D eigenvalue weighted by atomic mass is 10.1. The Labute approximate surface area is 160 Å². The zero-order valence-electron chi connectivity index (χ0n) is 15.4. The molecule has 2 aromatic rings. The Hall–Kier alpha value is -2.11. The lowest BCUT2D eigenvalue weighted by Gasteiger charge is -2.29. The van der Waals surface area contributed by atoms with Gasteiger partial charge in [-0.3, -0.25) is 0 Å². The Balaban J connectivity index is 1.78. The third-order valence-electron chi connectivity index (χ3n) is 4.72. The number of hydrogen-bond acceptors (Lipinski definition) is 3. The summed E-state index contributed by atoms with van der Waals surface area (Å²) in [5.41, 5.74) is 4.21. The summed E-state index contributed by atoms with van der Waals surface area (Å²) in [6.07, 6.45) is 2.31. The SMILES string of the molecule is Cc1ccc(C)c(NC(=S)N(Cc2ccccc2O)CC2CCCO2)c1. The number of phenols is 1. The van der Waals surface area contributed by atoms with Gasteiger partial charge in [-0.05, 0) is 62.2 Å². The number of benzene rings is 2. The van der Waals surface area contributed by atoms with E-state index < -0.39 is 0 Å². The van der Waals surface area contributed by atoms with Gasteiger partial charge in [-0.15, -0.1) is 0 Å². The zero-order chi connectivity index (χ0) is 18.5. The van der Waals surface area contributed by atoms with Crippen LogP contribution in [0.5, 0.6) is 5.75 Å². The van der Waals surface area contributed by atoms with Crippen LogP contribution in [0.4, 0.5) is 5.69 Å². The third-order valence-corrected chi connectivity index (χ3v) is 5.08. The largest absolute Gasteiger partial charge is 0.508 e. The van der Waals surface area contributed by atoms with Crippen molar-refractivity contribution >= 4 is 23.0 Å². The molecule has 4 nitrogen and oxygen atoms in total. The van der Waals surface area contributed by atoms with E-state index in [9.17, 15) is 5.11 Å². The summed E-state index contributed by atoms with van der Waals surface area (Å²) in [6, 6.07) is 13.7. The quantitative estimate of drug-likeness (QED) is 0.765. The van der Waals surface area contributed by atoms with E-state index in [0.29, 0.717) is 24.0 Å². The molecule has 1 saturated heterocycles. The van der Waals surface area contributed by atoms with Gasteiger partial charge in [0.25, 0.3) is 0 Å². The van der Waals surface area contributed by atoms with Crippen molar-refractivity contribution in [2.45, 2.75) is 39.3 Å². The van der Waals surface area contributed by atoms with Gasteiger partial charge in [0.2, 0.25) is 0 Å². The summed E-state index contributed by atoms with van der Waals surface area (Å²) < 4.78 is 5.80. The van der Waals surface area contributed by atoms with Gasteiger partial charge >= 0.3 is 0 Å².